The maximum Gasteiger partial charge on any atom is 0.250 e. The number of carbonyl (C=O) groups is 1. The molecule has 1 amide bonds. The Labute approximate surface area is 163 Å². The molecule has 1 N–H and O–H groups in total. The summed E-state index contributed by atoms with van der Waals surface area (Å²) < 4.78 is 10.9. The Balaban J connectivity index is 1.19. The first-order valence-electron chi connectivity index (χ1n) is 9.67. The third-order valence-electron chi connectivity index (χ3n) is 5.09. The van der Waals surface area contributed by atoms with E-state index in [2.05, 4.69) is 32.5 Å². The second kappa shape index (κ2) is 8.84. The van der Waals surface area contributed by atoms with Crippen LogP contribution < -0.4 is 5.32 Å². The number of benzene rings is 1. The number of hydrogen-bond donors (Lipinski definition) is 1. The highest BCUT2D eigenvalue weighted by atomic mass is 16.4. The van der Waals surface area contributed by atoms with Gasteiger partial charge in [-0.05, 0) is 44.0 Å². The van der Waals surface area contributed by atoms with Gasteiger partial charge in [0.2, 0.25) is 11.8 Å². The van der Waals surface area contributed by atoms with Gasteiger partial charge in [-0.3, -0.25) is 9.69 Å². The van der Waals surface area contributed by atoms with E-state index >= 15 is 0 Å². The van der Waals surface area contributed by atoms with Gasteiger partial charge >= 0.3 is 0 Å². The predicted octanol–water partition coefficient (Wildman–Crippen LogP) is 2.87. The summed E-state index contributed by atoms with van der Waals surface area (Å²) in [6.07, 6.45) is 5.85. The first-order valence-corrected chi connectivity index (χ1v) is 9.67. The zero-order valence-electron chi connectivity index (χ0n) is 15.7. The van der Waals surface area contributed by atoms with Crippen LogP contribution in [0, 0.1) is 0 Å². The molecule has 1 aliphatic heterocycles. The lowest BCUT2D eigenvalue weighted by atomic mass is 9.97. The van der Waals surface area contributed by atoms with Crippen LogP contribution in [0.3, 0.4) is 0 Å². The van der Waals surface area contributed by atoms with E-state index in [1.807, 2.05) is 18.2 Å². The SMILES string of the molecule is O=C(CN1CCC(c2nnc(-c3ccoc3)o2)CC1)NCCc1ccccc1. The van der Waals surface area contributed by atoms with Crippen LogP contribution in [0.2, 0.25) is 0 Å². The summed E-state index contributed by atoms with van der Waals surface area (Å²) in [5.41, 5.74) is 2.03. The minimum absolute atomic E-state index is 0.0782. The van der Waals surface area contributed by atoms with Crippen LogP contribution >= 0.6 is 0 Å². The number of carbonyl (C=O) groups excluding carboxylic acids is 1. The van der Waals surface area contributed by atoms with Crippen LogP contribution in [0.15, 0.2) is 57.8 Å². The summed E-state index contributed by atoms with van der Waals surface area (Å²) in [5.74, 6) is 1.48. The van der Waals surface area contributed by atoms with Gasteiger partial charge in [0.05, 0.1) is 18.4 Å². The summed E-state index contributed by atoms with van der Waals surface area (Å²) in [6, 6.07) is 12.0. The molecule has 1 saturated heterocycles. The molecular formula is C21H24N4O3. The lowest BCUT2D eigenvalue weighted by molar-refractivity contribution is -0.122. The third kappa shape index (κ3) is 4.67. The number of nitrogens with one attached hydrogen (secondary N) is 1. The Bertz CT molecular complexity index is 868. The fourth-order valence-corrected chi connectivity index (χ4v) is 3.49. The lowest BCUT2D eigenvalue weighted by Gasteiger charge is -2.29. The second-order valence-electron chi connectivity index (χ2n) is 7.09. The van der Waals surface area contributed by atoms with Gasteiger partial charge < -0.3 is 14.2 Å². The average Bonchev–Trinajstić information content (AvgIpc) is 3.41. The molecule has 0 aliphatic carbocycles. The molecule has 1 fully saturated rings. The summed E-state index contributed by atoms with van der Waals surface area (Å²) >= 11 is 0. The van der Waals surface area contributed by atoms with Crippen LogP contribution in [0.5, 0.6) is 0 Å². The topological polar surface area (TPSA) is 84.4 Å². The fraction of sp³-hybridized carbons (Fsp3) is 0.381. The van der Waals surface area contributed by atoms with E-state index in [1.54, 1.807) is 18.6 Å². The first-order chi connectivity index (χ1) is 13.8. The second-order valence-corrected chi connectivity index (χ2v) is 7.09. The van der Waals surface area contributed by atoms with E-state index in [0.717, 1.165) is 37.9 Å². The number of amides is 1. The average molecular weight is 380 g/mol. The van der Waals surface area contributed by atoms with Crippen LogP contribution in [0.25, 0.3) is 11.5 Å². The molecule has 0 bridgehead atoms. The molecule has 0 radical (unpaired) electrons. The molecule has 0 unspecified atom stereocenters. The molecule has 7 nitrogen and oxygen atoms in total. The zero-order valence-corrected chi connectivity index (χ0v) is 15.7. The first kappa shape index (κ1) is 18.4. The molecule has 7 heteroatoms. The van der Waals surface area contributed by atoms with Crippen molar-refractivity contribution in [1.29, 1.82) is 0 Å². The van der Waals surface area contributed by atoms with Crippen LogP contribution in [0.4, 0.5) is 0 Å². The molecule has 146 valence electrons. The number of likely N-dealkylation sites (tertiary alicyclic amines) is 1. The molecule has 0 spiro atoms. The fourth-order valence-electron chi connectivity index (χ4n) is 3.49. The molecule has 28 heavy (non-hydrogen) atoms. The summed E-state index contributed by atoms with van der Waals surface area (Å²) in [7, 11) is 0. The van der Waals surface area contributed by atoms with E-state index < -0.39 is 0 Å². The van der Waals surface area contributed by atoms with Crippen molar-refractivity contribution in [1.82, 2.24) is 20.4 Å². The maximum absolute atomic E-state index is 12.2. The van der Waals surface area contributed by atoms with Gasteiger partial charge in [-0.15, -0.1) is 10.2 Å². The third-order valence-corrected chi connectivity index (χ3v) is 5.09. The van der Waals surface area contributed by atoms with Gasteiger partial charge in [0.1, 0.15) is 6.26 Å². The molecule has 1 aromatic carbocycles. The number of nitrogens with zero attached hydrogens (tertiary/aromatic N) is 3. The number of hydrogen-bond acceptors (Lipinski definition) is 6. The van der Waals surface area contributed by atoms with Gasteiger partial charge in [0.25, 0.3) is 5.89 Å². The van der Waals surface area contributed by atoms with Crippen LogP contribution in [-0.4, -0.2) is 47.2 Å². The highest BCUT2D eigenvalue weighted by Gasteiger charge is 2.26. The molecule has 1 aliphatic rings. The predicted molar refractivity (Wildman–Crippen MR) is 104 cm³/mol. The number of piperidine rings is 1. The van der Waals surface area contributed by atoms with Crippen LogP contribution in [0.1, 0.15) is 30.2 Å². The van der Waals surface area contributed by atoms with Gasteiger partial charge in [0, 0.05) is 12.5 Å². The summed E-state index contributed by atoms with van der Waals surface area (Å²) in [5, 5.41) is 11.3. The Morgan fingerprint density at radius 1 is 1.14 bits per heavy atom. The zero-order chi connectivity index (χ0) is 19.2. The van der Waals surface area contributed by atoms with Crippen molar-refractivity contribution in [3.63, 3.8) is 0 Å². The Morgan fingerprint density at radius 2 is 1.96 bits per heavy atom. The summed E-state index contributed by atoms with van der Waals surface area (Å²) in [4.78, 5) is 14.4. The molecule has 3 heterocycles. The standard InChI is InChI=1S/C21H24N4O3/c26-19(22-10-6-16-4-2-1-3-5-16)14-25-11-7-17(8-12-25)20-23-24-21(28-20)18-9-13-27-15-18/h1-5,9,13,15,17H,6-8,10-12,14H2,(H,22,26). The van der Waals surface area contributed by atoms with E-state index in [-0.39, 0.29) is 11.8 Å². The minimum Gasteiger partial charge on any atom is -0.472 e. The Morgan fingerprint density at radius 3 is 2.71 bits per heavy atom. The normalized spacial score (nSPS) is 15.6. The van der Waals surface area contributed by atoms with E-state index in [9.17, 15) is 4.79 Å². The maximum atomic E-state index is 12.2. The highest BCUT2D eigenvalue weighted by molar-refractivity contribution is 5.78. The van der Waals surface area contributed by atoms with Crippen molar-refractivity contribution in [3.8, 4) is 11.5 Å². The minimum atomic E-state index is 0.0782. The van der Waals surface area contributed by atoms with Crippen LogP contribution in [-0.2, 0) is 11.2 Å². The van der Waals surface area contributed by atoms with Crippen molar-refractivity contribution < 1.29 is 13.6 Å². The van der Waals surface area contributed by atoms with E-state index in [0.29, 0.717) is 24.9 Å². The lowest BCUT2D eigenvalue weighted by Crippen LogP contribution is -2.41. The monoisotopic (exact) mass is 380 g/mol. The molecule has 0 atom stereocenters. The summed E-state index contributed by atoms with van der Waals surface area (Å²) in [6.45, 7) is 2.80. The van der Waals surface area contributed by atoms with Crippen molar-refractivity contribution in [2.24, 2.45) is 0 Å². The Kier molecular flexibility index (Phi) is 5.82. The van der Waals surface area contributed by atoms with E-state index in [4.69, 9.17) is 8.83 Å². The highest BCUT2D eigenvalue weighted by Crippen LogP contribution is 2.29. The number of rotatable bonds is 7. The molecule has 0 saturated carbocycles. The van der Waals surface area contributed by atoms with Crippen molar-refractivity contribution >= 4 is 5.91 Å². The molecule has 3 aromatic rings. The van der Waals surface area contributed by atoms with Crippen molar-refractivity contribution in [2.45, 2.75) is 25.2 Å². The smallest absolute Gasteiger partial charge is 0.250 e. The van der Waals surface area contributed by atoms with Gasteiger partial charge in [0.15, 0.2) is 0 Å². The van der Waals surface area contributed by atoms with Crippen molar-refractivity contribution in [2.75, 3.05) is 26.2 Å². The largest absolute Gasteiger partial charge is 0.472 e. The van der Waals surface area contributed by atoms with Gasteiger partial charge in [-0.2, -0.15) is 0 Å². The molecule has 4 rings (SSSR count). The number of aromatic nitrogens is 2. The quantitative estimate of drug-likeness (QED) is 0.678. The Hall–Kier alpha value is -2.93. The van der Waals surface area contributed by atoms with E-state index in [1.165, 1.54) is 5.56 Å². The van der Waals surface area contributed by atoms with Gasteiger partial charge in [-0.25, -0.2) is 0 Å². The molecule has 2 aromatic heterocycles. The molecular weight excluding hydrogens is 356 g/mol. The number of furan rings is 1. The van der Waals surface area contributed by atoms with Crippen molar-refractivity contribution in [3.05, 3.63) is 60.4 Å². The van der Waals surface area contributed by atoms with Gasteiger partial charge in [-0.1, -0.05) is 30.3 Å².